The van der Waals surface area contributed by atoms with Gasteiger partial charge in [-0.3, -0.25) is 4.79 Å². The Morgan fingerprint density at radius 3 is 2.11 bits per heavy atom. The van der Waals surface area contributed by atoms with E-state index in [2.05, 4.69) is 9.67 Å². The van der Waals surface area contributed by atoms with Gasteiger partial charge in [-0.1, -0.05) is 60.7 Å². The zero-order chi connectivity index (χ0) is 18.9. The number of amides is 1. The predicted octanol–water partition coefficient (Wildman–Crippen LogP) is -0.476. The molecule has 1 fully saturated rings. The van der Waals surface area contributed by atoms with Crippen LogP contribution in [0, 0.1) is 5.92 Å². The summed E-state index contributed by atoms with van der Waals surface area (Å²) in [7, 11) is 1.92. The van der Waals surface area contributed by atoms with E-state index in [4.69, 9.17) is 5.73 Å². The maximum Gasteiger partial charge on any atom is 0.265 e. The van der Waals surface area contributed by atoms with Gasteiger partial charge in [-0.2, -0.15) is 0 Å². The van der Waals surface area contributed by atoms with Gasteiger partial charge in [0.25, 0.3) is 6.33 Å². The summed E-state index contributed by atoms with van der Waals surface area (Å²) < 4.78 is 3.96. The van der Waals surface area contributed by atoms with Crippen molar-refractivity contribution in [3.8, 4) is 0 Å². The number of hydrogen-bond acceptors (Lipinski definition) is 2. The third-order valence-electron chi connectivity index (χ3n) is 5.95. The number of carbonyl (C=O) groups excluding carboxylic acids is 1. The molecular formula is C22H25IN4O. The molecule has 2 aromatic carbocycles. The summed E-state index contributed by atoms with van der Waals surface area (Å²) in [5.74, 6) is -0.140. The first kappa shape index (κ1) is 20.5. The van der Waals surface area contributed by atoms with Gasteiger partial charge in [-0.25, -0.2) is 4.57 Å². The van der Waals surface area contributed by atoms with Crippen molar-refractivity contribution in [1.82, 2.24) is 9.67 Å². The van der Waals surface area contributed by atoms with Crippen molar-refractivity contribution in [1.29, 1.82) is 0 Å². The van der Waals surface area contributed by atoms with E-state index in [-0.39, 0.29) is 35.8 Å². The van der Waals surface area contributed by atoms with E-state index in [1.165, 1.54) is 0 Å². The number of aryl methyl sites for hydroxylation is 1. The van der Waals surface area contributed by atoms with Crippen LogP contribution in [0.25, 0.3) is 0 Å². The first-order valence-corrected chi connectivity index (χ1v) is 9.42. The molecule has 1 saturated carbocycles. The SMILES string of the molecule is C[n+]1cn([C@@H]2CC[C@H](C(C(N)=O)(c3ccccc3)c3ccccc3)C2)cn1.[I-]. The average Bonchev–Trinajstić information content (AvgIpc) is 3.33. The highest BCUT2D eigenvalue weighted by Gasteiger charge is 2.50. The molecule has 5 nitrogen and oxygen atoms in total. The number of hydrogen-bond donors (Lipinski definition) is 1. The molecular weight excluding hydrogens is 463 g/mol. The Kier molecular flexibility index (Phi) is 6.17. The van der Waals surface area contributed by atoms with Gasteiger partial charge in [0.15, 0.2) is 0 Å². The first-order valence-electron chi connectivity index (χ1n) is 9.42. The molecule has 1 amide bonds. The lowest BCUT2D eigenvalue weighted by Gasteiger charge is -2.37. The Hall–Kier alpha value is -2.22. The summed E-state index contributed by atoms with van der Waals surface area (Å²) >= 11 is 0. The molecule has 2 atom stereocenters. The third kappa shape index (κ3) is 3.45. The Labute approximate surface area is 182 Å². The standard InChI is InChI=1S/C22H24N4O.HI/c1-25-16-26(15-24-25)20-13-12-19(14-20)22(21(23)27,17-8-4-2-5-9-17)18-10-6-3-7-11-18;/h2-11,15-16,19-20H,12-14H2,1H3,(H-,23,27);1H/t19-,20+;/m0./s1. The van der Waals surface area contributed by atoms with Crippen LogP contribution in [-0.4, -0.2) is 15.6 Å². The van der Waals surface area contributed by atoms with Gasteiger partial charge in [0.1, 0.15) is 18.5 Å². The Morgan fingerprint density at radius 2 is 1.64 bits per heavy atom. The zero-order valence-corrected chi connectivity index (χ0v) is 18.1. The molecule has 0 aliphatic heterocycles. The maximum atomic E-state index is 13.1. The van der Waals surface area contributed by atoms with Crippen LogP contribution in [0.4, 0.5) is 0 Å². The molecule has 1 aromatic heterocycles. The van der Waals surface area contributed by atoms with Crippen molar-refractivity contribution >= 4 is 5.91 Å². The molecule has 3 aromatic rings. The number of nitrogens with zero attached hydrogens (tertiary/aromatic N) is 3. The Morgan fingerprint density at radius 1 is 1.07 bits per heavy atom. The molecule has 2 N–H and O–H groups in total. The normalized spacial score (nSPS) is 19.2. The quantitative estimate of drug-likeness (QED) is 0.390. The van der Waals surface area contributed by atoms with Crippen molar-refractivity contribution in [3.05, 3.63) is 84.4 Å². The summed E-state index contributed by atoms with van der Waals surface area (Å²) in [6.07, 6.45) is 6.71. The molecule has 1 aliphatic rings. The maximum absolute atomic E-state index is 13.1. The molecule has 6 heteroatoms. The fourth-order valence-electron chi connectivity index (χ4n) is 4.73. The second-order valence-electron chi connectivity index (χ2n) is 7.44. The topological polar surface area (TPSA) is 64.8 Å². The number of rotatable bonds is 5. The summed E-state index contributed by atoms with van der Waals surface area (Å²) in [6.45, 7) is 0. The minimum atomic E-state index is -0.819. The van der Waals surface area contributed by atoms with Gasteiger partial charge in [0, 0.05) is 0 Å². The number of halogens is 1. The highest BCUT2D eigenvalue weighted by Crippen LogP contribution is 2.49. The van der Waals surface area contributed by atoms with Crippen LogP contribution in [0.15, 0.2) is 73.3 Å². The second-order valence-corrected chi connectivity index (χ2v) is 7.44. The lowest BCUT2D eigenvalue weighted by Crippen LogP contribution is -3.00. The van der Waals surface area contributed by atoms with Crippen molar-refractivity contribution in [3.63, 3.8) is 0 Å². The summed E-state index contributed by atoms with van der Waals surface area (Å²) in [5, 5.41) is 4.29. The van der Waals surface area contributed by atoms with Gasteiger partial charge in [0.05, 0.1) is 0 Å². The van der Waals surface area contributed by atoms with Crippen LogP contribution in [0.5, 0.6) is 0 Å². The smallest absolute Gasteiger partial charge is 0.265 e. The minimum absolute atomic E-state index is 0. The van der Waals surface area contributed by atoms with Crippen LogP contribution in [-0.2, 0) is 17.3 Å². The molecule has 0 unspecified atom stereocenters. The van der Waals surface area contributed by atoms with Crippen LogP contribution >= 0.6 is 0 Å². The lowest BCUT2D eigenvalue weighted by atomic mass is 9.64. The fraction of sp³-hybridized carbons (Fsp3) is 0.318. The summed E-state index contributed by atoms with van der Waals surface area (Å²) in [5.41, 5.74) is 7.28. The molecule has 0 saturated heterocycles. The molecule has 0 bridgehead atoms. The molecule has 4 rings (SSSR count). The second kappa shape index (κ2) is 8.43. The van der Waals surface area contributed by atoms with Gasteiger partial charge >= 0.3 is 0 Å². The van der Waals surface area contributed by atoms with E-state index < -0.39 is 5.41 Å². The molecule has 0 spiro atoms. The average molecular weight is 488 g/mol. The van der Waals surface area contributed by atoms with Gasteiger partial charge in [0.2, 0.25) is 12.2 Å². The van der Waals surface area contributed by atoms with E-state index in [9.17, 15) is 4.79 Å². The van der Waals surface area contributed by atoms with Crippen molar-refractivity contribution in [2.24, 2.45) is 18.7 Å². The number of carbonyl (C=O) groups is 1. The van der Waals surface area contributed by atoms with E-state index in [1.807, 2.05) is 85.0 Å². The number of nitrogens with two attached hydrogens (primary N) is 1. The molecule has 1 aliphatic carbocycles. The third-order valence-corrected chi connectivity index (χ3v) is 5.95. The van der Waals surface area contributed by atoms with Crippen LogP contribution in [0.2, 0.25) is 0 Å². The Balaban J connectivity index is 0.00000225. The highest BCUT2D eigenvalue weighted by atomic mass is 127. The molecule has 0 radical (unpaired) electrons. The number of aromatic nitrogens is 3. The van der Waals surface area contributed by atoms with E-state index in [0.29, 0.717) is 6.04 Å². The minimum Gasteiger partial charge on any atom is -1.00 e. The largest absolute Gasteiger partial charge is 1.00 e. The Bertz CT molecular complexity index is 886. The summed E-state index contributed by atoms with van der Waals surface area (Å²) in [4.78, 5) is 13.1. The van der Waals surface area contributed by atoms with Gasteiger partial charge in [-0.15, -0.1) is 4.68 Å². The number of benzene rings is 2. The van der Waals surface area contributed by atoms with Crippen LogP contribution in [0.3, 0.4) is 0 Å². The van der Waals surface area contributed by atoms with E-state index in [0.717, 1.165) is 30.4 Å². The van der Waals surface area contributed by atoms with E-state index >= 15 is 0 Å². The van der Waals surface area contributed by atoms with Crippen LogP contribution in [0.1, 0.15) is 36.4 Å². The van der Waals surface area contributed by atoms with Gasteiger partial charge in [-0.05, 0) is 41.4 Å². The van der Waals surface area contributed by atoms with Crippen LogP contribution < -0.4 is 34.4 Å². The number of primary amides is 1. The van der Waals surface area contributed by atoms with Crippen molar-refractivity contribution in [2.45, 2.75) is 30.7 Å². The molecule has 146 valence electrons. The first-order chi connectivity index (χ1) is 13.1. The summed E-state index contributed by atoms with van der Waals surface area (Å²) in [6, 6.07) is 20.3. The molecule has 28 heavy (non-hydrogen) atoms. The monoisotopic (exact) mass is 488 g/mol. The fourth-order valence-corrected chi connectivity index (χ4v) is 4.73. The van der Waals surface area contributed by atoms with Gasteiger partial charge < -0.3 is 29.7 Å². The highest BCUT2D eigenvalue weighted by molar-refractivity contribution is 5.91. The van der Waals surface area contributed by atoms with Crippen molar-refractivity contribution in [2.75, 3.05) is 0 Å². The zero-order valence-electron chi connectivity index (χ0n) is 15.9. The molecule has 1 heterocycles. The predicted molar refractivity (Wildman–Crippen MR) is 103 cm³/mol. The lowest BCUT2D eigenvalue weighted by molar-refractivity contribution is -0.728. The van der Waals surface area contributed by atoms with E-state index in [1.54, 1.807) is 0 Å². The van der Waals surface area contributed by atoms with Crippen molar-refractivity contribution < 1.29 is 33.5 Å².